The highest BCUT2D eigenvalue weighted by Crippen LogP contribution is 2.37. The van der Waals surface area contributed by atoms with Crippen LogP contribution in [0, 0.1) is 6.92 Å². The number of methoxy groups -OCH3 is 1. The zero-order valence-electron chi connectivity index (χ0n) is 21.6. The highest BCUT2D eigenvalue weighted by atomic mass is 19.4. The first-order valence-electron chi connectivity index (χ1n) is 11.7. The van der Waals surface area contributed by atoms with E-state index in [1.54, 1.807) is 46.4 Å². The number of nitrogens with one attached hydrogen (secondary N) is 1. The Balaban J connectivity index is 1.75. The monoisotopic (exact) mass is 527 g/mol. The second-order valence-electron chi connectivity index (χ2n) is 9.16. The molecule has 4 rings (SSSR count). The van der Waals surface area contributed by atoms with Gasteiger partial charge >= 0.3 is 6.18 Å². The number of nitrogens with zero attached hydrogens (tertiary/aromatic N) is 5. The van der Waals surface area contributed by atoms with Crippen LogP contribution in [0.25, 0.3) is 22.0 Å². The smallest absolute Gasteiger partial charge is 0.416 e. The topological polar surface area (TPSA) is 111 Å². The molecule has 0 unspecified atom stereocenters. The SMILES string of the molecule is COc1cc2nc(C)nc(N[C@@H](C)c3cc(N)cc(C(F)(F)F)c3)c2cc1-c1cnn(CC(=O)N(C)C)c1. The van der Waals surface area contributed by atoms with Crippen LogP contribution in [0.3, 0.4) is 0 Å². The van der Waals surface area contributed by atoms with Crippen LogP contribution in [0.1, 0.15) is 29.9 Å². The number of likely N-dealkylation sites (N-methyl/N-ethyl adjacent to an activating group) is 1. The van der Waals surface area contributed by atoms with E-state index in [0.717, 1.165) is 12.1 Å². The summed E-state index contributed by atoms with van der Waals surface area (Å²) in [4.78, 5) is 22.6. The fourth-order valence-corrected chi connectivity index (χ4v) is 4.02. The molecule has 2 heterocycles. The van der Waals surface area contributed by atoms with Gasteiger partial charge in [0.25, 0.3) is 0 Å². The number of aryl methyl sites for hydroxylation is 1. The van der Waals surface area contributed by atoms with Gasteiger partial charge in [0.1, 0.15) is 23.9 Å². The zero-order valence-corrected chi connectivity index (χ0v) is 21.6. The summed E-state index contributed by atoms with van der Waals surface area (Å²) in [5.74, 6) is 1.35. The number of alkyl halides is 3. The number of nitrogen functional groups attached to an aromatic ring is 1. The number of ether oxygens (including phenoxy) is 1. The number of nitrogens with two attached hydrogens (primary N) is 1. The molecule has 0 saturated carbocycles. The van der Waals surface area contributed by atoms with Crippen LogP contribution in [0.5, 0.6) is 5.75 Å². The Hall–Kier alpha value is -4.35. The Bertz CT molecular complexity index is 1500. The van der Waals surface area contributed by atoms with Gasteiger partial charge in [0.05, 0.1) is 30.4 Å². The number of benzene rings is 2. The minimum absolute atomic E-state index is 0.0176. The maximum absolute atomic E-state index is 13.4. The van der Waals surface area contributed by atoms with Gasteiger partial charge in [-0.1, -0.05) is 0 Å². The third-order valence-corrected chi connectivity index (χ3v) is 6.03. The number of halogens is 3. The van der Waals surface area contributed by atoms with Gasteiger partial charge in [-0.05, 0) is 43.7 Å². The van der Waals surface area contributed by atoms with E-state index in [9.17, 15) is 18.0 Å². The van der Waals surface area contributed by atoms with Crippen molar-refractivity contribution in [1.29, 1.82) is 0 Å². The lowest BCUT2D eigenvalue weighted by molar-refractivity contribution is -0.137. The molecule has 1 amide bonds. The third kappa shape index (κ3) is 5.63. The average molecular weight is 528 g/mol. The minimum Gasteiger partial charge on any atom is -0.496 e. The van der Waals surface area contributed by atoms with Crippen LogP contribution in [-0.4, -0.2) is 51.8 Å². The zero-order chi connectivity index (χ0) is 27.8. The number of anilines is 2. The van der Waals surface area contributed by atoms with Gasteiger partial charge in [-0.25, -0.2) is 9.97 Å². The molecule has 0 aliphatic carbocycles. The van der Waals surface area contributed by atoms with E-state index in [2.05, 4.69) is 20.4 Å². The van der Waals surface area contributed by atoms with Crippen molar-refractivity contribution in [3.8, 4) is 16.9 Å². The Morgan fingerprint density at radius 3 is 2.58 bits per heavy atom. The summed E-state index contributed by atoms with van der Waals surface area (Å²) in [5.41, 5.74) is 7.32. The maximum Gasteiger partial charge on any atom is 0.416 e. The van der Waals surface area contributed by atoms with E-state index in [-0.39, 0.29) is 18.1 Å². The molecule has 0 fully saturated rings. The molecule has 0 bridgehead atoms. The maximum atomic E-state index is 13.4. The molecule has 9 nitrogen and oxygen atoms in total. The number of carbonyl (C=O) groups excluding carboxylic acids is 1. The Labute approximate surface area is 217 Å². The Kier molecular flexibility index (Phi) is 7.16. The van der Waals surface area contributed by atoms with Crippen LogP contribution < -0.4 is 15.8 Å². The fourth-order valence-electron chi connectivity index (χ4n) is 4.02. The van der Waals surface area contributed by atoms with Crippen molar-refractivity contribution in [2.24, 2.45) is 0 Å². The van der Waals surface area contributed by atoms with Crippen LogP contribution in [0.15, 0.2) is 42.7 Å². The molecule has 2 aromatic carbocycles. The van der Waals surface area contributed by atoms with E-state index in [1.165, 1.54) is 22.8 Å². The first kappa shape index (κ1) is 26.7. The molecule has 12 heteroatoms. The molecule has 0 radical (unpaired) electrons. The number of aromatic nitrogens is 4. The van der Waals surface area contributed by atoms with Gasteiger partial charge in [-0.2, -0.15) is 18.3 Å². The average Bonchev–Trinajstić information content (AvgIpc) is 3.30. The molecule has 1 atom stereocenters. The summed E-state index contributed by atoms with van der Waals surface area (Å²) in [6.45, 7) is 3.54. The van der Waals surface area contributed by atoms with E-state index in [1.807, 2.05) is 6.07 Å². The molecule has 4 aromatic rings. The summed E-state index contributed by atoms with van der Waals surface area (Å²) in [5, 5.41) is 8.15. The van der Waals surface area contributed by atoms with Crippen molar-refractivity contribution in [2.75, 3.05) is 32.3 Å². The number of carbonyl (C=O) groups is 1. The number of hydrogen-bond donors (Lipinski definition) is 2. The fraction of sp³-hybridized carbons (Fsp3) is 0.308. The molecule has 38 heavy (non-hydrogen) atoms. The van der Waals surface area contributed by atoms with Crippen molar-refractivity contribution < 1.29 is 22.7 Å². The van der Waals surface area contributed by atoms with Crippen molar-refractivity contribution >= 4 is 28.3 Å². The molecule has 2 aromatic heterocycles. The molecule has 0 aliphatic rings. The van der Waals surface area contributed by atoms with E-state index in [0.29, 0.717) is 45.0 Å². The van der Waals surface area contributed by atoms with Gasteiger partial charge in [0.2, 0.25) is 5.91 Å². The molecular weight excluding hydrogens is 499 g/mol. The van der Waals surface area contributed by atoms with Crippen molar-refractivity contribution in [3.05, 3.63) is 59.7 Å². The number of amides is 1. The molecule has 3 N–H and O–H groups in total. The first-order chi connectivity index (χ1) is 17.8. The highest BCUT2D eigenvalue weighted by molar-refractivity contribution is 5.95. The second-order valence-corrected chi connectivity index (χ2v) is 9.16. The third-order valence-electron chi connectivity index (χ3n) is 6.03. The van der Waals surface area contributed by atoms with Gasteiger partial charge in [0.15, 0.2) is 0 Å². The van der Waals surface area contributed by atoms with Crippen LogP contribution in [0.4, 0.5) is 24.7 Å². The van der Waals surface area contributed by atoms with Gasteiger partial charge in [-0.3, -0.25) is 9.48 Å². The van der Waals surface area contributed by atoms with E-state index in [4.69, 9.17) is 10.5 Å². The summed E-state index contributed by atoms with van der Waals surface area (Å²) < 4.78 is 47.2. The van der Waals surface area contributed by atoms with Gasteiger partial charge in [-0.15, -0.1) is 0 Å². The minimum atomic E-state index is -4.52. The normalized spacial score (nSPS) is 12.4. The second kappa shape index (κ2) is 10.2. The molecular formula is C26H28F3N7O2. The van der Waals surface area contributed by atoms with Gasteiger partial charge < -0.3 is 20.7 Å². The standard InChI is InChI=1S/C26H28F3N7O2/c1-14(16-6-18(26(27,28)29)8-19(30)7-16)32-25-21-9-20(23(38-5)10-22(21)33-15(2)34-25)17-11-31-36(12-17)13-24(37)35(3)4/h6-12,14H,13,30H2,1-5H3,(H,32,33,34)/t14-/m0/s1. The summed E-state index contributed by atoms with van der Waals surface area (Å²) in [6.07, 6.45) is -1.15. The number of hydrogen-bond acceptors (Lipinski definition) is 7. The summed E-state index contributed by atoms with van der Waals surface area (Å²) >= 11 is 0. The lowest BCUT2D eigenvalue weighted by Gasteiger charge is -2.19. The quantitative estimate of drug-likeness (QED) is 0.336. The molecule has 0 spiro atoms. The Morgan fingerprint density at radius 1 is 1.18 bits per heavy atom. The first-order valence-corrected chi connectivity index (χ1v) is 11.7. The largest absolute Gasteiger partial charge is 0.496 e. The summed E-state index contributed by atoms with van der Waals surface area (Å²) in [6, 6.07) is 6.52. The summed E-state index contributed by atoms with van der Waals surface area (Å²) in [7, 11) is 4.88. The molecule has 0 saturated heterocycles. The number of fused-ring (bicyclic) bond motifs is 1. The van der Waals surface area contributed by atoms with Crippen molar-refractivity contribution in [3.63, 3.8) is 0 Å². The van der Waals surface area contributed by atoms with E-state index < -0.39 is 17.8 Å². The number of rotatable bonds is 7. The van der Waals surface area contributed by atoms with Crippen molar-refractivity contribution in [2.45, 2.75) is 32.6 Å². The predicted octanol–water partition coefficient (Wildman–Crippen LogP) is 4.67. The molecule has 0 aliphatic heterocycles. The Morgan fingerprint density at radius 2 is 1.92 bits per heavy atom. The van der Waals surface area contributed by atoms with Crippen LogP contribution >= 0.6 is 0 Å². The predicted molar refractivity (Wildman–Crippen MR) is 139 cm³/mol. The van der Waals surface area contributed by atoms with Gasteiger partial charge in [0, 0.05) is 48.6 Å². The van der Waals surface area contributed by atoms with Crippen molar-refractivity contribution in [1.82, 2.24) is 24.6 Å². The van der Waals surface area contributed by atoms with Crippen LogP contribution in [0.2, 0.25) is 0 Å². The molecule has 200 valence electrons. The highest BCUT2D eigenvalue weighted by Gasteiger charge is 2.31. The van der Waals surface area contributed by atoms with Crippen LogP contribution in [-0.2, 0) is 17.5 Å². The lowest BCUT2D eigenvalue weighted by Crippen LogP contribution is -2.26. The van der Waals surface area contributed by atoms with E-state index >= 15 is 0 Å². The lowest BCUT2D eigenvalue weighted by atomic mass is 10.0.